The number of nitrogens with one attached hydrogen (secondary N) is 3. The third-order valence-electron chi connectivity index (χ3n) is 2.85. The number of aromatic nitrogens is 1. The first-order chi connectivity index (χ1) is 10.6. The second-order valence-corrected chi connectivity index (χ2v) is 4.72. The standard InChI is InChI=1S/C16H18N4O2/c1-3-16(22)20-15-9-8-14(10-17-15)19-13-6-4-12(5-7-13)18-11(2)21/h4-10,19H,3H2,1-2H3,(H,18,21)(H,17,20,22). The van der Waals surface area contributed by atoms with Crippen molar-refractivity contribution in [2.24, 2.45) is 0 Å². The van der Waals surface area contributed by atoms with E-state index in [0.717, 1.165) is 17.1 Å². The number of carbonyl (C=O) groups excluding carboxylic acids is 2. The smallest absolute Gasteiger partial charge is 0.225 e. The van der Waals surface area contributed by atoms with Gasteiger partial charge >= 0.3 is 0 Å². The van der Waals surface area contributed by atoms with Crippen LogP contribution in [0.1, 0.15) is 20.3 Å². The van der Waals surface area contributed by atoms with E-state index >= 15 is 0 Å². The van der Waals surface area contributed by atoms with Crippen molar-refractivity contribution in [1.82, 2.24) is 4.98 Å². The van der Waals surface area contributed by atoms with Crippen LogP contribution in [0.5, 0.6) is 0 Å². The van der Waals surface area contributed by atoms with Gasteiger partial charge in [-0.3, -0.25) is 9.59 Å². The lowest BCUT2D eigenvalue weighted by molar-refractivity contribution is -0.116. The van der Waals surface area contributed by atoms with Gasteiger partial charge < -0.3 is 16.0 Å². The normalized spacial score (nSPS) is 9.91. The van der Waals surface area contributed by atoms with Crippen molar-refractivity contribution < 1.29 is 9.59 Å². The van der Waals surface area contributed by atoms with Crippen LogP contribution in [0.25, 0.3) is 0 Å². The molecule has 114 valence electrons. The Bertz CT molecular complexity index is 651. The Morgan fingerprint density at radius 1 is 0.955 bits per heavy atom. The van der Waals surface area contributed by atoms with Crippen molar-refractivity contribution in [3.05, 3.63) is 42.6 Å². The number of carbonyl (C=O) groups is 2. The summed E-state index contributed by atoms with van der Waals surface area (Å²) in [5.74, 6) is 0.356. The first kappa shape index (κ1) is 15.5. The van der Waals surface area contributed by atoms with Gasteiger partial charge in [0.1, 0.15) is 5.82 Å². The van der Waals surface area contributed by atoms with Crippen molar-refractivity contribution in [1.29, 1.82) is 0 Å². The number of anilines is 4. The SMILES string of the molecule is CCC(=O)Nc1ccc(Nc2ccc(NC(C)=O)cc2)cn1. The summed E-state index contributed by atoms with van der Waals surface area (Å²) < 4.78 is 0. The number of hydrogen-bond acceptors (Lipinski definition) is 4. The molecule has 0 radical (unpaired) electrons. The highest BCUT2D eigenvalue weighted by Crippen LogP contribution is 2.19. The van der Waals surface area contributed by atoms with Gasteiger partial charge in [0.05, 0.1) is 11.9 Å². The fourth-order valence-electron chi connectivity index (χ4n) is 1.78. The minimum Gasteiger partial charge on any atom is -0.354 e. The fraction of sp³-hybridized carbons (Fsp3) is 0.188. The molecule has 2 aromatic rings. The molecule has 0 spiro atoms. The lowest BCUT2D eigenvalue weighted by atomic mass is 10.2. The Balaban J connectivity index is 1.98. The number of benzene rings is 1. The van der Waals surface area contributed by atoms with Crippen molar-refractivity contribution in [3.8, 4) is 0 Å². The molecule has 0 unspecified atom stereocenters. The molecule has 1 heterocycles. The minimum absolute atomic E-state index is 0.0678. The van der Waals surface area contributed by atoms with Crippen molar-refractivity contribution in [2.45, 2.75) is 20.3 Å². The summed E-state index contributed by atoms with van der Waals surface area (Å²) >= 11 is 0. The van der Waals surface area contributed by atoms with Gasteiger partial charge in [-0.25, -0.2) is 4.98 Å². The summed E-state index contributed by atoms with van der Waals surface area (Å²) in [5.41, 5.74) is 2.43. The van der Waals surface area contributed by atoms with Gasteiger partial charge in [0, 0.05) is 24.7 Å². The van der Waals surface area contributed by atoms with Crippen molar-refractivity contribution >= 4 is 34.7 Å². The second kappa shape index (κ2) is 7.21. The van der Waals surface area contributed by atoms with Crippen LogP contribution in [0.15, 0.2) is 42.6 Å². The van der Waals surface area contributed by atoms with E-state index in [2.05, 4.69) is 20.9 Å². The van der Waals surface area contributed by atoms with Gasteiger partial charge in [0.2, 0.25) is 11.8 Å². The van der Waals surface area contributed by atoms with Crippen LogP contribution in [0.3, 0.4) is 0 Å². The Hall–Kier alpha value is -2.89. The van der Waals surface area contributed by atoms with E-state index in [1.165, 1.54) is 6.92 Å². The van der Waals surface area contributed by atoms with Gasteiger partial charge in [0.25, 0.3) is 0 Å². The van der Waals surface area contributed by atoms with Crippen LogP contribution in [0, 0.1) is 0 Å². The first-order valence-corrected chi connectivity index (χ1v) is 6.97. The minimum atomic E-state index is -0.102. The number of pyridine rings is 1. The summed E-state index contributed by atoms with van der Waals surface area (Å²) in [6.45, 7) is 3.26. The van der Waals surface area contributed by atoms with E-state index in [1.807, 2.05) is 30.3 Å². The summed E-state index contributed by atoms with van der Waals surface area (Å²) in [6.07, 6.45) is 2.06. The average Bonchev–Trinajstić information content (AvgIpc) is 2.50. The van der Waals surface area contributed by atoms with Crippen LogP contribution in [0.2, 0.25) is 0 Å². The Morgan fingerprint density at radius 2 is 1.59 bits per heavy atom. The zero-order valence-corrected chi connectivity index (χ0v) is 12.5. The number of rotatable bonds is 5. The topological polar surface area (TPSA) is 83.1 Å². The predicted octanol–water partition coefficient (Wildman–Crippen LogP) is 3.13. The molecule has 2 rings (SSSR count). The second-order valence-electron chi connectivity index (χ2n) is 4.72. The van der Waals surface area contributed by atoms with Gasteiger partial charge in [0.15, 0.2) is 0 Å². The predicted molar refractivity (Wildman–Crippen MR) is 87.2 cm³/mol. The fourth-order valence-corrected chi connectivity index (χ4v) is 1.78. The molecule has 0 aliphatic heterocycles. The quantitative estimate of drug-likeness (QED) is 0.792. The summed E-state index contributed by atoms with van der Waals surface area (Å²) in [6, 6.07) is 10.9. The van der Waals surface area contributed by atoms with Crippen LogP contribution in [-0.4, -0.2) is 16.8 Å². The maximum Gasteiger partial charge on any atom is 0.225 e. The molecular formula is C16H18N4O2. The molecule has 6 heteroatoms. The Morgan fingerprint density at radius 3 is 2.14 bits per heavy atom. The van der Waals surface area contributed by atoms with Crippen LogP contribution < -0.4 is 16.0 Å². The molecule has 1 aromatic carbocycles. The van der Waals surface area contributed by atoms with Crippen molar-refractivity contribution in [2.75, 3.05) is 16.0 Å². The number of hydrogen-bond donors (Lipinski definition) is 3. The third-order valence-corrected chi connectivity index (χ3v) is 2.85. The van der Waals surface area contributed by atoms with E-state index in [9.17, 15) is 9.59 Å². The number of amides is 2. The highest BCUT2D eigenvalue weighted by atomic mass is 16.2. The monoisotopic (exact) mass is 298 g/mol. The molecule has 0 bridgehead atoms. The van der Waals surface area contributed by atoms with E-state index < -0.39 is 0 Å². The third kappa shape index (κ3) is 4.59. The molecule has 0 saturated carbocycles. The van der Waals surface area contributed by atoms with E-state index in [-0.39, 0.29) is 11.8 Å². The average molecular weight is 298 g/mol. The molecule has 0 atom stereocenters. The van der Waals surface area contributed by atoms with E-state index in [4.69, 9.17) is 0 Å². The summed E-state index contributed by atoms with van der Waals surface area (Å²) in [7, 11) is 0. The summed E-state index contributed by atoms with van der Waals surface area (Å²) in [4.78, 5) is 26.4. The van der Waals surface area contributed by atoms with Crippen LogP contribution in [-0.2, 0) is 9.59 Å². The lowest BCUT2D eigenvalue weighted by Gasteiger charge is -2.08. The van der Waals surface area contributed by atoms with Gasteiger partial charge in [-0.1, -0.05) is 6.92 Å². The number of nitrogens with zero attached hydrogens (tertiary/aromatic N) is 1. The molecule has 0 fully saturated rings. The van der Waals surface area contributed by atoms with Gasteiger partial charge in [-0.05, 0) is 36.4 Å². The van der Waals surface area contributed by atoms with Crippen molar-refractivity contribution in [3.63, 3.8) is 0 Å². The summed E-state index contributed by atoms with van der Waals surface area (Å²) in [5, 5.41) is 8.59. The molecular weight excluding hydrogens is 280 g/mol. The van der Waals surface area contributed by atoms with Gasteiger partial charge in [-0.2, -0.15) is 0 Å². The molecule has 1 aromatic heterocycles. The molecule has 0 saturated heterocycles. The Labute approximate surface area is 129 Å². The van der Waals surface area contributed by atoms with E-state index in [1.54, 1.807) is 19.2 Å². The molecule has 3 N–H and O–H groups in total. The zero-order valence-electron chi connectivity index (χ0n) is 12.5. The molecule has 22 heavy (non-hydrogen) atoms. The maximum atomic E-state index is 11.3. The molecule has 0 aliphatic carbocycles. The maximum absolute atomic E-state index is 11.3. The highest BCUT2D eigenvalue weighted by molar-refractivity contribution is 5.90. The molecule has 2 amide bonds. The van der Waals surface area contributed by atoms with E-state index in [0.29, 0.717) is 12.2 Å². The largest absolute Gasteiger partial charge is 0.354 e. The van der Waals surface area contributed by atoms with Gasteiger partial charge in [-0.15, -0.1) is 0 Å². The highest BCUT2D eigenvalue weighted by Gasteiger charge is 2.01. The Kier molecular flexibility index (Phi) is 5.08. The first-order valence-electron chi connectivity index (χ1n) is 6.97. The van der Waals surface area contributed by atoms with Crippen LogP contribution in [0.4, 0.5) is 22.9 Å². The molecule has 0 aliphatic rings. The zero-order chi connectivity index (χ0) is 15.9. The van der Waals surface area contributed by atoms with Crippen LogP contribution >= 0.6 is 0 Å². The molecule has 6 nitrogen and oxygen atoms in total. The lowest BCUT2D eigenvalue weighted by Crippen LogP contribution is -2.10.